The molecule has 16 heavy (non-hydrogen) atoms. The van der Waals surface area contributed by atoms with Crippen LogP contribution in [0.3, 0.4) is 0 Å². The van der Waals surface area contributed by atoms with Crippen molar-refractivity contribution in [2.24, 2.45) is 0 Å². The van der Waals surface area contributed by atoms with Gasteiger partial charge in [0, 0.05) is 12.1 Å². The van der Waals surface area contributed by atoms with Crippen molar-refractivity contribution < 1.29 is 13.9 Å². The van der Waals surface area contributed by atoms with Crippen LogP contribution in [-0.4, -0.2) is 17.8 Å². The Morgan fingerprint density at radius 2 is 1.88 bits per heavy atom. The molecule has 0 spiro atoms. The van der Waals surface area contributed by atoms with Crippen molar-refractivity contribution in [1.82, 2.24) is 5.32 Å². The lowest BCUT2D eigenvalue weighted by atomic mass is 9.92. The van der Waals surface area contributed by atoms with Gasteiger partial charge in [0.05, 0.1) is 12.1 Å². The van der Waals surface area contributed by atoms with Crippen LogP contribution in [0.2, 0.25) is 0 Å². The Labute approximate surface area is 93.3 Å². The molecule has 0 aromatic heterocycles. The zero-order valence-corrected chi connectivity index (χ0v) is 9.13. The van der Waals surface area contributed by atoms with Gasteiger partial charge in [-0.05, 0) is 37.5 Å². The lowest BCUT2D eigenvalue weighted by Gasteiger charge is -2.29. The van der Waals surface area contributed by atoms with Crippen LogP contribution >= 0.6 is 0 Å². The summed E-state index contributed by atoms with van der Waals surface area (Å²) in [6.45, 7) is 1.56. The number of hydrogen-bond donors (Lipinski definition) is 2. The molecule has 2 N–H and O–H groups in total. The predicted molar refractivity (Wildman–Crippen MR) is 57.0 cm³/mol. The van der Waals surface area contributed by atoms with Crippen molar-refractivity contribution in [3.8, 4) is 0 Å². The van der Waals surface area contributed by atoms with Gasteiger partial charge in [0.2, 0.25) is 0 Å². The van der Waals surface area contributed by atoms with Crippen LogP contribution in [0.1, 0.15) is 25.3 Å². The highest BCUT2D eigenvalue weighted by Crippen LogP contribution is 2.29. The maximum atomic E-state index is 13.1. The lowest BCUT2D eigenvalue weighted by molar-refractivity contribution is 0.172. The minimum Gasteiger partial charge on any atom is -0.394 e. The second-order valence-corrected chi connectivity index (χ2v) is 4.57. The second-order valence-electron chi connectivity index (χ2n) is 4.57. The van der Waals surface area contributed by atoms with Crippen molar-refractivity contribution in [2.75, 3.05) is 6.61 Å². The van der Waals surface area contributed by atoms with Crippen molar-refractivity contribution >= 4 is 0 Å². The largest absolute Gasteiger partial charge is 0.394 e. The number of halogens is 2. The third-order valence-corrected chi connectivity index (χ3v) is 2.92. The van der Waals surface area contributed by atoms with Crippen LogP contribution in [0.5, 0.6) is 0 Å². The van der Waals surface area contributed by atoms with Gasteiger partial charge in [0.15, 0.2) is 0 Å². The maximum Gasteiger partial charge on any atom is 0.126 e. The lowest BCUT2D eigenvalue weighted by Crippen LogP contribution is -2.44. The van der Waals surface area contributed by atoms with E-state index in [2.05, 4.69) is 5.32 Å². The third kappa shape index (κ3) is 2.39. The molecule has 1 aliphatic rings. The van der Waals surface area contributed by atoms with E-state index < -0.39 is 17.2 Å². The maximum absolute atomic E-state index is 13.1. The normalized spacial score (nSPS) is 19.5. The SMILES string of the molecule is CC(CO)(NC1CC1)c1cc(F)cc(F)c1. The molecule has 88 valence electrons. The zero-order valence-electron chi connectivity index (χ0n) is 9.13. The van der Waals surface area contributed by atoms with Gasteiger partial charge >= 0.3 is 0 Å². The summed E-state index contributed by atoms with van der Waals surface area (Å²) in [5.74, 6) is -1.24. The van der Waals surface area contributed by atoms with E-state index in [0.717, 1.165) is 18.9 Å². The molecular weight excluding hydrogens is 212 g/mol. The number of hydrogen-bond acceptors (Lipinski definition) is 2. The summed E-state index contributed by atoms with van der Waals surface area (Å²) in [6.07, 6.45) is 2.10. The molecule has 0 radical (unpaired) electrons. The first-order chi connectivity index (χ1) is 7.53. The smallest absolute Gasteiger partial charge is 0.126 e. The van der Waals surface area contributed by atoms with E-state index in [9.17, 15) is 13.9 Å². The van der Waals surface area contributed by atoms with Crippen LogP contribution in [0.4, 0.5) is 8.78 Å². The van der Waals surface area contributed by atoms with Gasteiger partial charge in [0.25, 0.3) is 0 Å². The highest BCUT2D eigenvalue weighted by molar-refractivity contribution is 5.26. The van der Waals surface area contributed by atoms with E-state index in [-0.39, 0.29) is 6.61 Å². The molecule has 0 amide bonds. The Morgan fingerprint density at radius 3 is 2.31 bits per heavy atom. The highest BCUT2D eigenvalue weighted by atomic mass is 19.1. The molecular formula is C12H15F2NO. The van der Waals surface area contributed by atoms with E-state index in [1.165, 1.54) is 12.1 Å². The van der Waals surface area contributed by atoms with Crippen molar-refractivity contribution in [2.45, 2.75) is 31.3 Å². The fourth-order valence-electron chi connectivity index (χ4n) is 1.77. The molecule has 0 saturated heterocycles. The number of nitrogens with one attached hydrogen (secondary N) is 1. The first kappa shape index (κ1) is 11.5. The van der Waals surface area contributed by atoms with Crippen LogP contribution in [0.15, 0.2) is 18.2 Å². The highest BCUT2D eigenvalue weighted by Gasteiger charge is 2.33. The second kappa shape index (κ2) is 4.11. The van der Waals surface area contributed by atoms with E-state index in [4.69, 9.17) is 0 Å². The fourth-order valence-corrected chi connectivity index (χ4v) is 1.77. The van der Waals surface area contributed by atoms with Gasteiger partial charge in [-0.3, -0.25) is 0 Å². The van der Waals surface area contributed by atoms with E-state index in [0.29, 0.717) is 11.6 Å². The Morgan fingerprint density at radius 1 is 1.31 bits per heavy atom. The summed E-state index contributed by atoms with van der Waals surface area (Å²) >= 11 is 0. The number of benzene rings is 1. The van der Waals surface area contributed by atoms with Crippen LogP contribution in [0.25, 0.3) is 0 Å². The Hall–Kier alpha value is -1.00. The Kier molecular flexibility index (Phi) is 2.95. The molecule has 1 atom stereocenters. The van der Waals surface area contributed by atoms with Gasteiger partial charge in [-0.1, -0.05) is 0 Å². The Bertz CT molecular complexity index is 372. The van der Waals surface area contributed by atoms with Gasteiger partial charge in [-0.25, -0.2) is 8.78 Å². The number of aliphatic hydroxyl groups excluding tert-OH is 1. The molecule has 1 fully saturated rings. The third-order valence-electron chi connectivity index (χ3n) is 2.92. The van der Waals surface area contributed by atoms with Gasteiger partial charge in [-0.15, -0.1) is 0 Å². The molecule has 1 aromatic carbocycles. The zero-order chi connectivity index (χ0) is 11.8. The number of aliphatic hydroxyl groups is 1. The van der Waals surface area contributed by atoms with Crippen LogP contribution in [-0.2, 0) is 5.54 Å². The fraction of sp³-hybridized carbons (Fsp3) is 0.500. The van der Waals surface area contributed by atoms with Crippen molar-refractivity contribution in [3.05, 3.63) is 35.4 Å². The first-order valence-corrected chi connectivity index (χ1v) is 5.38. The molecule has 2 rings (SSSR count). The van der Waals surface area contributed by atoms with Crippen LogP contribution in [0, 0.1) is 11.6 Å². The molecule has 1 saturated carbocycles. The molecule has 1 aliphatic carbocycles. The van der Waals surface area contributed by atoms with Crippen molar-refractivity contribution in [1.29, 1.82) is 0 Å². The summed E-state index contributed by atoms with van der Waals surface area (Å²) in [5, 5.41) is 12.6. The van der Waals surface area contributed by atoms with E-state index >= 15 is 0 Å². The molecule has 1 unspecified atom stereocenters. The van der Waals surface area contributed by atoms with Gasteiger partial charge < -0.3 is 10.4 Å². The number of rotatable bonds is 4. The minimum absolute atomic E-state index is 0.188. The van der Waals surface area contributed by atoms with Gasteiger partial charge in [-0.2, -0.15) is 0 Å². The molecule has 0 bridgehead atoms. The molecule has 1 aromatic rings. The minimum atomic E-state index is -0.774. The summed E-state index contributed by atoms with van der Waals surface area (Å²) < 4.78 is 26.2. The topological polar surface area (TPSA) is 32.3 Å². The van der Waals surface area contributed by atoms with E-state index in [1.807, 2.05) is 0 Å². The predicted octanol–water partition coefficient (Wildman–Crippen LogP) is 1.92. The molecule has 4 heteroatoms. The quantitative estimate of drug-likeness (QED) is 0.823. The molecule has 0 heterocycles. The average Bonchev–Trinajstić information content (AvgIpc) is 3.00. The average molecular weight is 227 g/mol. The first-order valence-electron chi connectivity index (χ1n) is 5.38. The monoisotopic (exact) mass is 227 g/mol. The van der Waals surface area contributed by atoms with E-state index in [1.54, 1.807) is 6.92 Å². The summed E-state index contributed by atoms with van der Waals surface area (Å²) in [4.78, 5) is 0. The summed E-state index contributed by atoms with van der Waals surface area (Å²) in [6, 6.07) is 3.70. The van der Waals surface area contributed by atoms with Crippen molar-refractivity contribution in [3.63, 3.8) is 0 Å². The molecule has 0 aliphatic heterocycles. The Balaban J connectivity index is 2.30. The summed E-state index contributed by atoms with van der Waals surface area (Å²) in [7, 11) is 0. The summed E-state index contributed by atoms with van der Waals surface area (Å²) in [5.41, 5.74) is -0.330. The molecule has 2 nitrogen and oxygen atoms in total. The van der Waals surface area contributed by atoms with Crippen LogP contribution < -0.4 is 5.32 Å². The van der Waals surface area contributed by atoms with Gasteiger partial charge in [0.1, 0.15) is 11.6 Å². The standard InChI is InChI=1S/C12H15F2NO/c1-12(7-16,15-11-2-3-11)8-4-9(13)6-10(14)5-8/h4-6,11,15-16H,2-3,7H2,1H3.